The Balaban J connectivity index is 1.81. The molecule has 24 heavy (non-hydrogen) atoms. The van der Waals surface area contributed by atoms with Gasteiger partial charge in [0.15, 0.2) is 0 Å². The van der Waals surface area contributed by atoms with Crippen molar-refractivity contribution in [1.82, 2.24) is 15.5 Å². The Morgan fingerprint density at radius 2 is 2.25 bits per heavy atom. The Kier molecular flexibility index (Phi) is 5.19. The number of hydrogen-bond donors (Lipinski definition) is 1. The molecule has 0 aliphatic heterocycles. The van der Waals surface area contributed by atoms with E-state index >= 15 is 0 Å². The van der Waals surface area contributed by atoms with Crippen LogP contribution >= 0.6 is 11.6 Å². The van der Waals surface area contributed by atoms with E-state index in [0.29, 0.717) is 16.7 Å². The monoisotopic (exact) mass is 347 g/mol. The topological polar surface area (TPSA) is 68.0 Å². The van der Waals surface area contributed by atoms with E-state index in [1.807, 2.05) is 12.1 Å². The van der Waals surface area contributed by atoms with Gasteiger partial charge in [-0.1, -0.05) is 55.6 Å². The van der Waals surface area contributed by atoms with Gasteiger partial charge in [-0.2, -0.15) is 4.98 Å². The van der Waals surface area contributed by atoms with Gasteiger partial charge in [0.2, 0.25) is 17.6 Å². The predicted molar refractivity (Wildman–Crippen MR) is 92.4 cm³/mol. The van der Waals surface area contributed by atoms with E-state index in [1.54, 1.807) is 12.1 Å². The van der Waals surface area contributed by atoms with Gasteiger partial charge in [-0.15, -0.1) is 0 Å². The summed E-state index contributed by atoms with van der Waals surface area (Å²) in [5, 5.41) is 7.78. The molecule has 0 saturated heterocycles. The first-order chi connectivity index (χ1) is 11.6. The minimum atomic E-state index is -0.261. The smallest absolute Gasteiger partial charge is 0.249 e. The molecule has 0 spiro atoms. The average molecular weight is 348 g/mol. The molecule has 1 saturated carbocycles. The van der Waals surface area contributed by atoms with Crippen LogP contribution in [0.2, 0.25) is 5.02 Å². The van der Waals surface area contributed by atoms with Gasteiger partial charge in [-0.3, -0.25) is 4.79 Å². The van der Waals surface area contributed by atoms with Crippen LogP contribution < -0.4 is 5.32 Å². The zero-order chi connectivity index (χ0) is 17.1. The molecule has 128 valence electrons. The first kappa shape index (κ1) is 17.0. The maximum absolute atomic E-state index is 12.3. The molecule has 1 heterocycles. The quantitative estimate of drug-likeness (QED) is 0.841. The number of benzene rings is 1. The second kappa shape index (κ2) is 7.34. The average Bonchev–Trinajstić information content (AvgIpc) is 3.00. The maximum Gasteiger partial charge on any atom is 0.249 e. The van der Waals surface area contributed by atoms with Crippen molar-refractivity contribution >= 4 is 17.5 Å². The lowest BCUT2D eigenvalue weighted by atomic mass is 9.84. The molecule has 6 heteroatoms. The molecule has 1 aromatic carbocycles. The van der Waals surface area contributed by atoms with Gasteiger partial charge in [0, 0.05) is 16.5 Å². The number of aromatic nitrogens is 2. The van der Waals surface area contributed by atoms with Crippen LogP contribution in [0.3, 0.4) is 0 Å². The summed E-state index contributed by atoms with van der Waals surface area (Å²) in [5.74, 6) is 1.37. The zero-order valence-corrected chi connectivity index (χ0v) is 14.7. The zero-order valence-electron chi connectivity index (χ0n) is 14.0. The number of carbonyl (C=O) groups is 1. The van der Waals surface area contributed by atoms with Gasteiger partial charge in [-0.05, 0) is 30.9 Å². The van der Waals surface area contributed by atoms with E-state index in [9.17, 15) is 4.79 Å². The number of nitrogens with one attached hydrogen (secondary N) is 1. The highest BCUT2D eigenvalue weighted by molar-refractivity contribution is 6.30. The van der Waals surface area contributed by atoms with Crippen LogP contribution in [0, 0.1) is 11.8 Å². The van der Waals surface area contributed by atoms with Gasteiger partial charge in [0.1, 0.15) is 6.04 Å². The van der Waals surface area contributed by atoms with Crippen LogP contribution in [-0.4, -0.2) is 16.0 Å². The normalized spacial score (nSPS) is 17.1. The molecular weight excluding hydrogens is 326 g/mol. The standard InChI is InChI=1S/C18H22ClN3O2/c1-3-11(2)15(20-17(23)12-6-4-7-12)18-21-16(22-24-18)13-8-5-9-14(19)10-13/h5,8-12,15H,3-4,6-7H2,1-2H3,(H,20,23)/t11-,15-/m0/s1. The molecule has 1 N–H and O–H groups in total. The summed E-state index contributed by atoms with van der Waals surface area (Å²) in [7, 11) is 0. The Labute approximate surface area is 146 Å². The van der Waals surface area contributed by atoms with Crippen LogP contribution in [0.1, 0.15) is 51.5 Å². The molecule has 5 nitrogen and oxygen atoms in total. The Hall–Kier alpha value is -1.88. The van der Waals surface area contributed by atoms with Crippen LogP contribution in [0.15, 0.2) is 28.8 Å². The van der Waals surface area contributed by atoms with Crippen LogP contribution in [0.5, 0.6) is 0 Å². The van der Waals surface area contributed by atoms with E-state index in [2.05, 4.69) is 29.3 Å². The lowest BCUT2D eigenvalue weighted by Crippen LogP contribution is -2.39. The van der Waals surface area contributed by atoms with Crippen molar-refractivity contribution < 1.29 is 9.32 Å². The van der Waals surface area contributed by atoms with Crippen LogP contribution in [0.4, 0.5) is 0 Å². The summed E-state index contributed by atoms with van der Waals surface area (Å²) in [4.78, 5) is 16.8. The number of nitrogens with zero attached hydrogens (tertiary/aromatic N) is 2. The summed E-state index contributed by atoms with van der Waals surface area (Å²) < 4.78 is 5.46. The summed E-state index contributed by atoms with van der Waals surface area (Å²) in [6, 6.07) is 7.06. The molecule has 1 aromatic heterocycles. The molecule has 0 bridgehead atoms. The van der Waals surface area contributed by atoms with Gasteiger partial charge >= 0.3 is 0 Å². The predicted octanol–water partition coefficient (Wildman–Crippen LogP) is 4.39. The molecule has 2 aromatic rings. The summed E-state index contributed by atoms with van der Waals surface area (Å²) in [5.41, 5.74) is 0.797. The third-order valence-corrected chi connectivity index (χ3v) is 5.01. The van der Waals surface area contributed by atoms with Gasteiger partial charge in [-0.25, -0.2) is 0 Å². The molecule has 1 aliphatic carbocycles. The highest BCUT2D eigenvalue weighted by atomic mass is 35.5. The molecule has 1 aliphatic rings. The van der Waals surface area contributed by atoms with Crippen molar-refractivity contribution in [2.45, 2.75) is 45.6 Å². The molecule has 0 unspecified atom stereocenters. The first-order valence-corrected chi connectivity index (χ1v) is 8.86. The van der Waals surface area contributed by atoms with E-state index < -0.39 is 0 Å². The van der Waals surface area contributed by atoms with E-state index in [1.165, 1.54) is 0 Å². The van der Waals surface area contributed by atoms with Crippen molar-refractivity contribution in [3.63, 3.8) is 0 Å². The minimum Gasteiger partial charge on any atom is -0.344 e. The largest absolute Gasteiger partial charge is 0.344 e. The summed E-state index contributed by atoms with van der Waals surface area (Å²) in [6.07, 6.45) is 3.98. The molecule has 0 radical (unpaired) electrons. The number of halogens is 1. The fourth-order valence-corrected chi connectivity index (χ4v) is 2.92. The SMILES string of the molecule is CC[C@H](C)[C@H](NC(=O)C1CCC1)c1nc(-c2cccc(Cl)c2)no1. The van der Waals surface area contributed by atoms with Gasteiger partial charge in [0.25, 0.3) is 0 Å². The Morgan fingerprint density at radius 3 is 2.88 bits per heavy atom. The number of carbonyl (C=O) groups excluding carboxylic acids is 1. The van der Waals surface area contributed by atoms with Crippen LogP contribution in [0.25, 0.3) is 11.4 Å². The van der Waals surface area contributed by atoms with Crippen molar-refractivity contribution in [3.8, 4) is 11.4 Å². The number of hydrogen-bond acceptors (Lipinski definition) is 4. The summed E-state index contributed by atoms with van der Waals surface area (Å²) in [6.45, 7) is 4.16. The molecule has 1 fully saturated rings. The third kappa shape index (κ3) is 3.61. The minimum absolute atomic E-state index is 0.0917. The Morgan fingerprint density at radius 1 is 1.46 bits per heavy atom. The third-order valence-electron chi connectivity index (χ3n) is 4.78. The fourth-order valence-electron chi connectivity index (χ4n) is 2.73. The second-order valence-electron chi connectivity index (χ2n) is 6.47. The van der Waals surface area contributed by atoms with E-state index in [-0.39, 0.29) is 23.8 Å². The maximum atomic E-state index is 12.3. The molecule has 3 rings (SSSR count). The first-order valence-electron chi connectivity index (χ1n) is 8.48. The van der Waals surface area contributed by atoms with Gasteiger partial charge in [0.05, 0.1) is 0 Å². The number of rotatable bonds is 6. The van der Waals surface area contributed by atoms with E-state index in [0.717, 1.165) is 31.2 Å². The lowest BCUT2D eigenvalue weighted by molar-refractivity contribution is -0.128. The van der Waals surface area contributed by atoms with Crippen molar-refractivity contribution in [3.05, 3.63) is 35.2 Å². The van der Waals surface area contributed by atoms with Crippen LogP contribution in [-0.2, 0) is 4.79 Å². The molecule has 1 amide bonds. The second-order valence-corrected chi connectivity index (χ2v) is 6.90. The molecule has 2 atom stereocenters. The van der Waals surface area contributed by atoms with Gasteiger partial charge < -0.3 is 9.84 Å². The number of amides is 1. The molecular formula is C18H22ClN3O2. The van der Waals surface area contributed by atoms with E-state index in [4.69, 9.17) is 16.1 Å². The summed E-state index contributed by atoms with van der Waals surface area (Å²) >= 11 is 6.02. The Bertz CT molecular complexity index is 712. The highest BCUT2D eigenvalue weighted by Crippen LogP contribution is 2.30. The van der Waals surface area contributed by atoms with Crippen molar-refractivity contribution in [2.24, 2.45) is 11.8 Å². The van der Waals surface area contributed by atoms with Crippen molar-refractivity contribution in [1.29, 1.82) is 0 Å². The highest BCUT2D eigenvalue weighted by Gasteiger charge is 2.31. The lowest BCUT2D eigenvalue weighted by Gasteiger charge is -2.28. The fraction of sp³-hybridized carbons (Fsp3) is 0.500. The van der Waals surface area contributed by atoms with Crippen molar-refractivity contribution in [2.75, 3.05) is 0 Å².